The molecule has 9 nitrogen and oxygen atoms in total. The average Bonchev–Trinajstić information content (AvgIpc) is 3.13. The second kappa shape index (κ2) is 9.84. The van der Waals surface area contributed by atoms with Crippen molar-refractivity contribution in [2.24, 2.45) is 5.92 Å². The number of benzene rings is 1. The molecule has 1 unspecified atom stereocenters. The zero-order valence-electron chi connectivity index (χ0n) is 17.4. The van der Waals surface area contributed by atoms with Crippen molar-refractivity contribution >= 4 is 23.6 Å². The Morgan fingerprint density at radius 2 is 1.90 bits per heavy atom. The first kappa shape index (κ1) is 21.9. The van der Waals surface area contributed by atoms with Crippen molar-refractivity contribution in [2.75, 3.05) is 32.6 Å². The Labute approximate surface area is 179 Å². The molecule has 0 bridgehead atoms. The minimum atomic E-state index is -0.376. The number of nitrogens with two attached hydrogens (primary N) is 1. The second-order valence-electron chi connectivity index (χ2n) is 7.02. The van der Waals surface area contributed by atoms with Gasteiger partial charge in [-0.05, 0) is 51.0 Å². The highest BCUT2D eigenvalue weighted by atomic mass is 32.2. The summed E-state index contributed by atoms with van der Waals surface area (Å²) in [6.07, 6.45) is 1.24. The molecule has 1 atom stereocenters. The number of carbonyl (C=O) groups excluding carboxylic acids is 2. The number of aromatic nitrogens is 3. The fourth-order valence-corrected chi connectivity index (χ4v) is 4.21. The molecule has 2 aromatic rings. The van der Waals surface area contributed by atoms with E-state index in [0.29, 0.717) is 43.5 Å². The van der Waals surface area contributed by atoms with Crippen LogP contribution in [0.2, 0.25) is 0 Å². The van der Waals surface area contributed by atoms with Crippen molar-refractivity contribution in [3.05, 3.63) is 24.3 Å². The van der Waals surface area contributed by atoms with E-state index in [1.54, 1.807) is 18.9 Å². The van der Waals surface area contributed by atoms with Crippen molar-refractivity contribution in [2.45, 2.75) is 37.1 Å². The third kappa shape index (κ3) is 4.86. The lowest BCUT2D eigenvalue weighted by Gasteiger charge is -2.32. The van der Waals surface area contributed by atoms with Gasteiger partial charge in [0.25, 0.3) is 0 Å². The summed E-state index contributed by atoms with van der Waals surface area (Å²) in [5.41, 5.74) is 0.803. The van der Waals surface area contributed by atoms with Gasteiger partial charge < -0.3 is 20.2 Å². The van der Waals surface area contributed by atoms with Gasteiger partial charge in [0.1, 0.15) is 5.75 Å². The monoisotopic (exact) mass is 433 g/mol. The Balaban J connectivity index is 1.59. The number of hydrogen-bond donors (Lipinski definition) is 1. The van der Waals surface area contributed by atoms with E-state index in [-0.39, 0.29) is 23.0 Å². The van der Waals surface area contributed by atoms with Gasteiger partial charge in [0.2, 0.25) is 11.1 Å². The molecule has 0 spiro atoms. The quantitative estimate of drug-likeness (QED) is 0.401. The molecule has 1 aromatic carbocycles. The predicted molar refractivity (Wildman–Crippen MR) is 113 cm³/mol. The molecule has 1 fully saturated rings. The predicted octanol–water partition coefficient (Wildman–Crippen LogP) is 1.95. The van der Waals surface area contributed by atoms with E-state index in [2.05, 4.69) is 10.2 Å². The molecule has 2 heterocycles. The third-order valence-corrected chi connectivity index (χ3v) is 6.11. The summed E-state index contributed by atoms with van der Waals surface area (Å²) in [7, 11) is 1.60. The number of hydrogen-bond acceptors (Lipinski definition) is 8. The Morgan fingerprint density at radius 1 is 1.23 bits per heavy atom. The van der Waals surface area contributed by atoms with Crippen LogP contribution >= 0.6 is 11.8 Å². The molecule has 1 aliphatic heterocycles. The number of amides is 1. The summed E-state index contributed by atoms with van der Waals surface area (Å²) in [6.45, 7) is 5.08. The lowest BCUT2D eigenvalue weighted by atomic mass is 9.97. The number of piperidine rings is 1. The SMILES string of the molecule is CCOC(=O)C1CCN(C(=O)C(C)Sc2nnc(-c3ccc(OC)cc3)n2N)CC1. The van der Waals surface area contributed by atoms with E-state index in [9.17, 15) is 9.59 Å². The van der Waals surface area contributed by atoms with E-state index in [1.165, 1.54) is 16.4 Å². The highest BCUT2D eigenvalue weighted by Gasteiger charge is 2.31. The van der Waals surface area contributed by atoms with Gasteiger partial charge in [0, 0.05) is 18.7 Å². The number of nitrogen functional groups attached to an aromatic ring is 1. The van der Waals surface area contributed by atoms with Gasteiger partial charge in [-0.3, -0.25) is 9.59 Å². The van der Waals surface area contributed by atoms with E-state index in [1.807, 2.05) is 31.2 Å². The summed E-state index contributed by atoms with van der Waals surface area (Å²) < 4.78 is 11.6. The second-order valence-corrected chi connectivity index (χ2v) is 8.32. The largest absolute Gasteiger partial charge is 0.497 e. The molecular formula is C20H27N5O4S. The first-order chi connectivity index (χ1) is 14.4. The Kier molecular flexibility index (Phi) is 7.20. The molecule has 30 heavy (non-hydrogen) atoms. The third-order valence-electron chi connectivity index (χ3n) is 5.07. The van der Waals surface area contributed by atoms with Gasteiger partial charge >= 0.3 is 5.97 Å². The number of thioether (sulfide) groups is 1. The van der Waals surface area contributed by atoms with Crippen molar-refractivity contribution in [1.29, 1.82) is 0 Å². The normalized spacial score (nSPS) is 15.6. The topological polar surface area (TPSA) is 113 Å². The van der Waals surface area contributed by atoms with Crippen LogP contribution in [0.15, 0.2) is 29.4 Å². The molecule has 0 aliphatic carbocycles. The summed E-state index contributed by atoms with van der Waals surface area (Å²) in [5, 5.41) is 8.39. The fraction of sp³-hybridized carbons (Fsp3) is 0.500. The summed E-state index contributed by atoms with van der Waals surface area (Å²) in [6, 6.07) is 7.34. The molecular weight excluding hydrogens is 406 g/mol. The van der Waals surface area contributed by atoms with Crippen LogP contribution in [0, 0.1) is 5.92 Å². The Morgan fingerprint density at radius 3 is 2.50 bits per heavy atom. The van der Waals surface area contributed by atoms with Crippen molar-refractivity contribution < 1.29 is 19.1 Å². The van der Waals surface area contributed by atoms with Crippen molar-refractivity contribution in [3.8, 4) is 17.1 Å². The smallest absolute Gasteiger partial charge is 0.309 e. The van der Waals surface area contributed by atoms with Gasteiger partial charge in [-0.25, -0.2) is 4.68 Å². The van der Waals surface area contributed by atoms with E-state index in [0.717, 1.165) is 11.3 Å². The van der Waals surface area contributed by atoms with Crippen LogP contribution in [0.1, 0.15) is 26.7 Å². The Hall–Kier alpha value is -2.75. The molecule has 1 saturated heterocycles. The molecule has 1 aromatic heterocycles. The maximum atomic E-state index is 12.8. The average molecular weight is 434 g/mol. The number of nitrogens with zero attached hydrogens (tertiary/aromatic N) is 4. The van der Waals surface area contributed by atoms with Gasteiger partial charge in [-0.15, -0.1) is 10.2 Å². The van der Waals surface area contributed by atoms with E-state index < -0.39 is 0 Å². The van der Waals surface area contributed by atoms with Crippen LogP contribution in [0.3, 0.4) is 0 Å². The van der Waals surface area contributed by atoms with Gasteiger partial charge in [-0.2, -0.15) is 0 Å². The number of carbonyl (C=O) groups is 2. The summed E-state index contributed by atoms with van der Waals surface area (Å²) in [5.74, 6) is 7.12. The maximum absolute atomic E-state index is 12.8. The molecule has 3 rings (SSSR count). The first-order valence-electron chi connectivity index (χ1n) is 9.91. The minimum Gasteiger partial charge on any atom is -0.497 e. The Bertz CT molecular complexity index is 878. The van der Waals surface area contributed by atoms with E-state index >= 15 is 0 Å². The van der Waals surface area contributed by atoms with Crippen molar-refractivity contribution in [3.63, 3.8) is 0 Å². The van der Waals surface area contributed by atoms with Crippen LogP contribution in [0.25, 0.3) is 11.4 Å². The number of rotatable bonds is 7. The lowest BCUT2D eigenvalue weighted by molar-refractivity contribution is -0.151. The molecule has 10 heteroatoms. The molecule has 0 saturated carbocycles. The number of likely N-dealkylation sites (tertiary alicyclic amines) is 1. The minimum absolute atomic E-state index is 0.00342. The maximum Gasteiger partial charge on any atom is 0.309 e. The zero-order chi connectivity index (χ0) is 21.7. The highest BCUT2D eigenvalue weighted by molar-refractivity contribution is 8.00. The summed E-state index contributed by atoms with van der Waals surface area (Å²) in [4.78, 5) is 26.5. The van der Waals surface area contributed by atoms with Gasteiger partial charge in [0.05, 0.1) is 24.9 Å². The van der Waals surface area contributed by atoms with Crippen LogP contribution in [-0.2, 0) is 14.3 Å². The van der Waals surface area contributed by atoms with E-state index in [4.69, 9.17) is 15.3 Å². The molecule has 1 amide bonds. The standard InChI is InChI=1S/C20H27N5O4S/c1-4-29-19(27)15-9-11-24(12-10-15)18(26)13(2)30-20-23-22-17(25(20)21)14-5-7-16(28-3)8-6-14/h5-8,13,15H,4,9-12,21H2,1-3H3. The lowest BCUT2D eigenvalue weighted by Crippen LogP contribution is -2.43. The van der Waals surface area contributed by atoms with Crippen LogP contribution in [0.4, 0.5) is 0 Å². The van der Waals surface area contributed by atoms with Crippen LogP contribution in [0.5, 0.6) is 5.75 Å². The highest BCUT2D eigenvalue weighted by Crippen LogP contribution is 2.28. The number of ether oxygens (including phenoxy) is 2. The van der Waals surface area contributed by atoms with Gasteiger partial charge in [-0.1, -0.05) is 11.8 Å². The zero-order valence-corrected chi connectivity index (χ0v) is 18.2. The number of esters is 1. The fourth-order valence-electron chi connectivity index (χ4n) is 3.36. The first-order valence-corrected chi connectivity index (χ1v) is 10.8. The molecule has 1 aliphatic rings. The molecule has 162 valence electrons. The number of methoxy groups -OCH3 is 1. The van der Waals surface area contributed by atoms with Crippen LogP contribution in [-0.4, -0.2) is 63.7 Å². The summed E-state index contributed by atoms with van der Waals surface area (Å²) >= 11 is 1.27. The molecule has 0 radical (unpaired) electrons. The van der Waals surface area contributed by atoms with Crippen molar-refractivity contribution in [1.82, 2.24) is 19.8 Å². The molecule has 2 N–H and O–H groups in total. The van der Waals surface area contributed by atoms with Gasteiger partial charge in [0.15, 0.2) is 5.82 Å². The van der Waals surface area contributed by atoms with Crippen LogP contribution < -0.4 is 10.6 Å².